The van der Waals surface area contributed by atoms with Crippen molar-refractivity contribution < 1.29 is 9.59 Å². The molecule has 1 atom stereocenters. The summed E-state index contributed by atoms with van der Waals surface area (Å²) in [6, 6.07) is 9.96. The second kappa shape index (κ2) is 8.98. The van der Waals surface area contributed by atoms with Crippen molar-refractivity contribution >= 4 is 11.8 Å². The summed E-state index contributed by atoms with van der Waals surface area (Å²) >= 11 is 0. The van der Waals surface area contributed by atoms with Crippen LogP contribution in [0.25, 0.3) is 0 Å². The summed E-state index contributed by atoms with van der Waals surface area (Å²) in [4.78, 5) is 28.0. The van der Waals surface area contributed by atoms with E-state index in [0.717, 1.165) is 30.4 Å². The van der Waals surface area contributed by atoms with Gasteiger partial charge in [0.05, 0.1) is 6.04 Å². The second-order valence-corrected chi connectivity index (χ2v) is 8.92. The molecular weight excluding hydrogens is 360 g/mol. The predicted molar refractivity (Wildman–Crippen MR) is 119 cm³/mol. The summed E-state index contributed by atoms with van der Waals surface area (Å²) in [6.07, 6.45) is 6.13. The van der Waals surface area contributed by atoms with Crippen molar-refractivity contribution in [3.8, 4) is 0 Å². The smallest absolute Gasteiger partial charge is 0.255 e. The molecule has 1 unspecified atom stereocenters. The molecule has 1 aliphatic rings. The van der Waals surface area contributed by atoms with Gasteiger partial charge in [-0.25, -0.2) is 0 Å². The molecule has 0 bridgehead atoms. The first-order chi connectivity index (χ1) is 13.6. The zero-order valence-electron chi connectivity index (χ0n) is 19.0. The number of carbonyl (C=O) groups is 2. The average molecular weight is 397 g/mol. The molecule has 0 aliphatic carbocycles. The lowest BCUT2D eigenvalue weighted by Crippen LogP contribution is -2.44. The normalized spacial score (nSPS) is 18.1. The van der Waals surface area contributed by atoms with Crippen molar-refractivity contribution in [1.29, 1.82) is 0 Å². The van der Waals surface area contributed by atoms with Gasteiger partial charge in [0.2, 0.25) is 5.91 Å². The Morgan fingerprint density at radius 1 is 1.07 bits per heavy atom. The Labute approximate surface area is 176 Å². The van der Waals surface area contributed by atoms with Crippen molar-refractivity contribution in [2.24, 2.45) is 5.41 Å². The molecule has 0 spiro atoms. The molecular formula is C25H36N2O2. The largest absolute Gasteiger partial charge is 0.332 e. The molecule has 1 aromatic rings. The lowest BCUT2D eigenvalue weighted by Gasteiger charge is -2.37. The van der Waals surface area contributed by atoms with E-state index in [2.05, 4.69) is 59.0 Å². The van der Waals surface area contributed by atoms with Gasteiger partial charge in [-0.05, 0) is 64.2 Å². The molecule has 0 saturated carbocycles. The molecule has 1 aliphatic heterocycles. The molecule has 4 heteroatoms. The van der Waals surface area contributed by atoms with E-state index in [1.807, 2.05) is 36.1 Å². The van der Waals surface area contributed by atoms with Gasteiger partial charge in [-0.15, -0.1) is 0 Å². The zero-order valence-corrected chi connectivity index (χ0v) is 19.0. The van der Waals surface area contributed by atoms with Crippen LogP contribution >= 0.6 is 0 Å². The lowest BCUT2D eigenvalue weighted by molar-refractivity contribution is -0.132. The van der Waals surface area contributed by atoms with Crippen molar-refractivity contribution in [1.82, 2.24) is 10.2 Å². The summed E-state index contributed by atoms with van der Waals surface area (Å²) in [5.74, 6) is 0.0322. The van der Waals surface area contributed by atoms with E-state index in [-0.39, 0.29) is 28.8 Å². The van der Waals surface area contributed by atoms with Gasteiger partial charge in [0, 0.05) is 22.7 Å². The van der Waals surface area contributed by atoms with Gasteiger partial charge in [0.1, 0.15) is 0 Å². The molecule has 1 N–H and O–H groups in total. The Hall–Kier alpha value is -2.36. The number of hydrogen-bond donors (Lipinski definition) is 1. The number of hydrogen-bond acceptors (Lipinski definition) is 2. The average Bonchev–Trinajstić information content (AvgIpc) is 3.06. The van der Waals surface area contributed by atoms with Gasteiger partial charge in [-0.2, -0.15) is 0 Å². The number of nitrogens with zero attached hydrogens (tertiary/aromatic N) is 1. The zero-order chi connectivity index (χ0) is 21.8. The topological polar surface area (TPSA) is 49.4 Å². The van der Waals surface area contributed by atoms with Crippen LogP contribution in [0.1, 0.15) is 79.3 Å². The third-order valence-corrected chi connectivity index (χ3v) is 6.27. The van der Waals surface area contributed by atoms with E-state index in [4.69, 9.17) is 0 Å². The van der Waals surface area contributed by atoms with Crippen molar-refractivity contribution in [3.05, 3.63) is 59.3 Å². The van der Waals surface area contributed by atoms with Crippen molar-refractivity contribution in [2.75, 3.05) is 0 Å². The molecule has 1 heterocycles. The minimum atomic E-state index is -0.352. The standard InChI is InChI=1S/C25H36N2O2/c1-8-25(9-2,10-3)23(29)26-17-18(4)20-16-21(19-14-12-11-13-15-19)27(22(20)28)24(5,6)7/h11-17,21H,8-10H2,1-7H3,(H,26,29)/b18-17-. The van der Waals surface area contributed by atoms with Gasteiger partial charge >= 0.3 is 0 Å². The molecule has 0 saturated heterocycles. The molecule has 158 valence electrons. The summed E-state index contributed by atoms with van der Waals surface area (Å²) in [5, 5.41) is 2.97. The number of benzene rings is 1. The first-order valence-electron chi connectivity index (χ1n) is 10.7. The molecule has 0 fully saturated rings. The Balaban J connectivity index is 2.34. The highest BCUT2D eigenvalue weighted by molar-refractivity contribution is 6.01. The molecule has 29 heavy (non-hydrogen) atoms. The first-order valence-corrected chi connectivity index (χ1v) is 10.7. The highest BCUT2D eigenvalue weighted by atomic mass is 16.2. The Bertz CT molecular complexity index is 788. The predicted octanol–water partition coefficient (Wildman–Crippen LogP) is 5.53. The quantitative estimate of drug-likeness (QED) is 0.659. The van der Waals surface area contributed by atoms with Gasteiger partial charge in [-0.3, -0.25) is 9.59 Å². The Kier molecular flexibility index (Phi) is 7.10. The van der Waals surface area contributed by atoms with E-state index in [1.54, 1.807) is 6.20 Å². The van der Waals surface area contributed by atoms with E-state index < -0.39 is 0 Å². The monoisotopic (exact) mass is 396 g/mol. The van der Waals surface area contributed by atoms with Crippen LogP contribution in [0.2, 0.25) is 0 Å². The van der Waals surface area contributed by atoms with Crippen LogP contribution in [0.3, 0.4) is 0 Å². The third-order valence-electron chi connectivity index (χ3n) is 6.27. The maximum atomic E-state index is 13.3. The molecule has 0 radical (unpaired) electrons. The third kappa shape index (κ3) is 4.63. The summed E-state index contributed by atoms with van der Waals surface area (Å²) < 4.78 is 0. The highest BCUT2D eigenvalue weighted by Crippen LogP contribution is 2.38. The van der Waals surface area contributed by atoms with Gasteiger partial charge in [0.25, 0.3) is 5.91 Å². The Morgan fingerprint density at radius 2 is 1.62 bits per heavy atom. The van der Waals surface area contributed by atoms with E-state index in [0.29, 0.717) is 5.57 Å². The number of amides is 2. The maximum absolute atomic E-state index is 13.3. The first kappa shape index (κ1) is 22.9. The highest BCUT2D eigenvalue weighted by Gasteiger charge is 2.40. The maximum Gasteiger partial charge on any atom is 0.255 e. The molecule has 2 rings (SSSR count). The van der Waals surface area contributed by atoms with E-state index >= 15 is 0 Å². The van der Waals surface area contributed by atoms with E-state index in [9.17, 15) is 9.59 Å². The minimum Gasteiger partial charge on any atom is -0.332 e. The fraction of sp³-hybridized carbons (Fsp3) is 0.520. The second-order valence-electron chi connectivity index (χ2n) is 8.92. The molecule has 4 nitrogen and oxygen atoms in total. The van der Waals surface area contributed by atoms with Gasteiger partial charge in [-0.1, -0.05) is 51.1 Å². The fourth-order valence-electron chi connectivity index (χ4n) is 4.11. The summed E-state index contributed by atoms with van der Waals surface area (Å²) in [6.45, 7) is 14.2. The summed E-state index contributed by atoms with van der Waals surface area (Å²) in [7, 11) is 0. The number of rotatable bonds is 7. The summed E-state index contributed by atoms with van der Waals surface area (Å²) in [5.41, 5.74) is 1.86. The molecule has 0 aromatic heterocycles. The van der Waals surface area contributed by atoms with Crippen molar-refractivity contribution in [3.63, 3.8) is 0 Å². The van der Waals surface area contributed by atoms with Crippen LogP contribution in [0.15, 0.2) is 53.8 Å². The fourth-order valence-corrected chi connectivity index (χ4v) is 4.11. The molecule has 1 aromatic carbocycles. The molecule has 2 amide bonds. The SMILES string of the molecule is CCC(CC)(CC)C(=O)N/C=C(/C)C1=CC(c2ccccc2)N(C(C)(C)C)C1=O. The van der Waals surface area contributed by atoms with Crippen LogP contribution in [0.4, 0.5) is 0 Å². The van der Waals surface area contributed by atoms with Crippen LogP contribution in [0.5, 0.6) is 0 Å². The Morgan fingerprint density at radius 3 is 2.10 bits per heavy atom. The minimum absolute atomic E-state index is 0.00194. The van der Waals surface area contributed by atoms with Gasteiger partial charge < -0.3 is 10.2 Å². The van der Waals surface area contributed by atoms with E-state index in [1.165, 1.54) is 0 Å². The number of carbonyl (C=O) groups excluding carboxylic acids is 2. The van der Waals surface area contributed by atoms with Crippen molar-refractivity contribution in [2.45, 2.75) is 79.3 Å². The lowest BCUT2D eigenvalue weighted by atomic mass is 9.79. The van der Waals surface area contributed by atoms with Crippen LogP contribution < -0.4 is 5.32 Å². The van der Waals surface area contributed by atoms with Crippen LogP contribution in [-0.4, -0.2) is 22.3 Å². The van der Waals surface area contributed by atoms with Gasteiger partial charge in [0.15, 0.2) is 0 Å². The van der Waals surface area contributed by atoms with Crippen LogP contribution in [0, 0.1) is 5.41 Å². The van der Waals surface area contributed by atoms with Crippen LogP contribution in [-0.2, 0) is 9.59 Å². The number of nitrogens with one attached hydrogen (secondary N) is 1.